The van der Waals surface area contributed by atoms with Crippen molar-refractivity contribution >= 4 is 114 Å². The van der Waals surface area contributed by atoms with Gasteiger partial charge in [-0.2, -0.15) is 0 Å². The Morgan fingerprint density at radius 1 is 0.333 bits per heavy atom. The van der Waals surface area contributed by atoms with Crippen molar-refractivity contribution in [1.82, 2.24) is 109 Å². The molecule has 11 aromatic heterocycles. The highest BCUT2D eigenvalue weighted by molar-refractivity contribution is 6.28. The third kappa shape index (κ3) is 20.4. The summed E-state index contributed by atoms with van der Waals surface area (Å²) in [7, 11) is 0. The number of carbonyl (C=O) groups is 1. The van der Waals surface area contributed by atoms with Gasteiger partial charge in [-0.3, -0.25) is 0 Å². The van der Waals surface area contributed by atoms with Crippen LogP contribution in [0, 0.1) is 46.5 Å². The van der Waals surface area contributed by atoms with E-state index in [0.29, 0.717) is 110 Å². The largest absolute Gasteiger partial charge is 0.444 e. The van der Waals surface area contributed by atoms with Gasteiger partial charge in [0.15, 0.2) is 46.5 Å². The van der Waals surface area contributed by atoms with Gasteiger partial charge >= 0.3 is 6.09 Å². The van der Waals surface area contributed by atoms with Gasteiger partial charge in [0, 0.05) is 153 Å². The third-order valence-electron chi connectivity index (χ3n) is 24.9. The average molecular weight is 1860 g/mol. The zero-order chi connectivity index (χ0) is 93.0. The molecule has 3 saturated heterocycles. The van der Waals surface area contributed by atoms with Crippen LogP contribution < -0.4 is 41.3 Å². The van der Waals surface area contributed by atoms with E-state index in [-0.39, 0.29) is 52.0 Å². The van der Waals surface area contributed by atoms with Crippen LogP contribution in [-0.2, 0) is 56.6 Å². The van der Waals surface area contributed by atoms with Crippen LogP contribution in [0.25, 0.3) is 89.2 Å². The summed E-state index contributed by atoms with van der Waals surface area (Å²) in [6.07, 6.45) is 25.2. The first kappa shape index (κ1) is 90.4. The molecule has 7 aliphatic rings. The molecule has 3 fully saturated rings. The van der Waals surface area contributed by atoms with Crippen LogP contribution in [0.1, 0.15) is 121 Å². The van der Waals surface area contributed by atoms with Crippen LogP contribution in [-0.4, -0.2) is 188 Å². The van der Waals surface area contributed by atoms with Crippen LogP contribution in [0.2, 0.25) is 5.28 Å². The number of amides is 1. The molecule has 0 unspecified atom stereocenters. The summed E-state index contributed by atoms with van der Waals surface area (Å²) in [4.78, 5) is 84.9. The smallest absolute Gasteiger partial charge is 0.410 e. The molecule has 15 aromatic rings. The molecule has 30 nitrogen and oxygen atoms in total. The molecule has 0 atom stereocenters. The van der Waals surface area contributed by atoms with Crippen LogP contribution in [0.15, 0.2) is 128 Å². The Morgan fingerprint density at radius 2 is 0.630 bits per heavy atom. The van der Waals surface area contributed by atoms with Gasteiger partial charge in [0.2, 0.25) is 23.1 Å². The molecular weight excluding hydrogens is 1760 g/mol. The monoisotopic (exact) mass is 1860 g/mol. The summed E-state index contributed by atoms with van der Waals surface area (Å²) in [6, 6.07) is 23.5. The van der Waals surface area contributed by atoms with Gasteiger partial charge in [0.05, 0.1) is 82.5 Å². The Morgan fingerprint density at radius 3 is 0.926 bits per heavy atom. The van der Waals surface area contributed by atoms with E-state index < -0.39 is 52.1 Å². The van der Waals surface area contributed by atoms with Crippen molar-refractivity contribution < 1.29 is 44.7 Å². The van der Waals surface area contributed by atoms with Gasteiger partial charge in [-0.1, -0.05) is 25.7 Å². The molecule has 4 aromatic carbocycles. The van der Waals surface area contributed by atoms with Crippen molar-refractivity contribution in [2.24, 2.45) is 0 Å². The number of carbonyl (C=O) groups excluding carboxylic acids is 1. The summed E-state index contributed by atoms with van der Waals surface area (Å²) in [5.41, 5.74) is 7.85. The standard InChI is InChI=1S/C30H34F2N8O2.2C25H26F2N8.C16H13ClF2N4/c1-30(2,3)42-29(41)39-13-11-38(12-14-39)20-8-9-24(33-17-20)35-28-34-18-22(32)26(37-28)19-15-21(31)27-23(16-19)40-10-6-4-5-7-25(40)36-27;2*26-18-12-16(13-20-24(18)32-22-4-2-1-3-9-35(20)22)23-19(27)15-30-25(33-23)31-21-6-5-17(14-29-21)34-10-7-28-8-11-34;17-16-20-8-11(19)14(22-16)9-6-10(18)15-12(7-9)23-5-3-1-2-4-13(23)21-15/h8-9,15-18H,4-7,10-14H2,1-3H3,(H,33,34,35,37);2*5-6,12-15,28H,1-4,7-11H2,(H,29,30,31,33);6-8H,1-5H2. The Balaban J connectivity index is 0.000000118. The molecule has 7 aliphatic heterocycles. The molecule has 18 heterocycles. The summed E-state index contributed by atoms with van der Waals surface area (Å²) >= 11 is 5.74. The lowest BCUT2D eigenvalue weighted by molar-refractivity contribution is 0.0240. The highest BCUT2D eigenvalue weighted by atomic mass is 35.5. The molecule has 0 aliphatic carbocycles. The van der Waals surface area contributed by atoms with Gasteiger partial charge in [-0.25, -0.2) is 115 Å². The maximum Gasteiger partial charge on any atom is 0.410 e. The van der Waals surface area contributed by atoms with E-state index in [1.165, 1.54) is 24.3 Å². The number of hydrogen-bond acceptors (Lipinski definition) is 25. The topological polar surface area (TPSA) is 312 Å². The van der Waals surface area contributed by atoms with Crippen LogP contribution in [0.3, 0.4) is 0 Å². The highest BCUT2D eigenvalue weighted by Crippen LogP contribution is 2.38. The van der Waals surface area contributed by atoms with E-state index >= 15 is 13.2 Å². The van der Waals surface area contributed by atoms with Crippen molar-refractivity contribution in [3.05, 3.63) is 203 Å². The predicted molar refractivity (Wildman–Crippen MR) is 501 cm³/mol. The normalized spacial score (nSPS) is 15.9. The Labute approximate surface area is 776 Å². The third-order valence-corrected chi connectivity index (χ3v) is 25.1. The first-order valence-corrected chi connectivity index (χ1v) is 46.3. The SMILES string of the molecule is CC(C)(C)OC(=O)N1CCN(c2ccc(Nc3ncc(F)c(-c4cc(F)c5nc6n(c5c4)CCCCC6)n3)nc2)CC1.Fc1cnc(Cl)nc1-c1cc(F)c2nc3n(c2c1)CCCCC3.Fc1cnc(Nc2ccc(N3CCNCC3)cn2)nc1-c1cc(F)c2nc3n(c2c1)CCCCC3.Fc1cnc(Nc2ccc(N3CCNCC3)cn2)nc1-c1cc(F)c2nc3n(c2c1)CCCCC3. The molecule has 135 heavy (non-hydrogen) atoms. The maximum atomic E-state index is 15.1. The maximum absolute atomic E-state index is 15.1. The number of pyridine rings is 3. The minimum absolute atomic E-state index is 0.00282. The number of nitrogens with zero attached hydrogens (tertiary/aromatic N) is 23. The van der Waals surface area contributed by atoms with Gasteiger partial charge in [-0.15, -0.1) is 0 Å². The summed E-state index contributed by atoms with van der Waals surface area (Å²) in [6.45, 7) is 18.6. The Hall–Kier alpha value is -13.8. The van der Waals surface area contributed by atoms with Crippen molar-refractivity contribution in [1.29, 1.82) is 0 Å². The fourth-order valence-corrected chi connectivity index (χ4v) is 18.3. The number of anilines is 9. The molecule has 698 valence electrons. The molecule has 0 bridgehead atoms. The minimum atomic E-state index is -0.649. The second kappa shape index (κ2) is 39.8. The predicted octanol–water partition coefficient (Wildman–Crippen LogP) is 17.9. The molecule has 1 amide bonds. The molecule has 0 saturated carbocycles. The number of halogens is 9. The number of piperazine rings is 3. The number of fused-ring (bicyclic) bond motifs is 12. The van der Waals surface area contributed by atoms with Crippen molar-refractivity contribution in [3.63, 3.8) is 0 Å². The van der Waals surface area contributed by atoms with E-state index in [0.717, 1.165) is 246 Å². The molecule has 39 heteroatoms. The lowest BCUT2D eigenvalue weighted by Gasteiger charge is -2.36. The molecule has 5 N–H and O–H groups in total. The van der Waals surface area contributed by atoms with E-state index in [1.54, 1.807) is 53.8 Å². The lowest BCUT2D eigenvalue weighted by Crippen LogP contribution is -2.50. The van der Waals surface area contributed by atoms with E-state index in [1.807, 2.05) is 60.2 Å². The number of rotatable bonds is 13. The zero-order valence-electron chi connectivity index (χ0n) is 74.8. The van der Waals surface area contributed by atoms with Crippen molar-refractivity contribution in [3.8, 4) is 45.0 Å². The van der Waals surface area contributed by atoms with E-state index in [2.05, 4.69) is 125 Å². The summed E-state index contributed by atoms with van der Waals surface area (Å²) in [5, 5.41) is 15.7. The molecule has 0 spiro atoms. The van der Waals surface area contributed by atoms with E-state index in [9.17, 15) is 26.7 Å². The highest BCUT2D eigenvalue weighted by Gasteiger charge is 2.30. The van der Waals surface area contributed by atoms with Crippen LogP contribution in [0.4, 0.5) is 92.3 Å². The number of hydrogen-bond donors (Lipinski definition) is 5. The van der Waals surface area contributed by atoms with Crippen molar-refractivity contribution in [2.75, 3.05) is 109 Å². The number of nitrogens with one attached hydrogen (secondary N) is 5. The minimum Gasteiger partial charge on any atom is -0.444 e. The van der Waals surface area contributed by atoms with Gasteiger partial charge < -0.3 is 69.2 Å². The van der Waals surface area contributed by atoms with Crippen molar-refractivity contribution in [2.45, 2.75) is 155 Å². The first-order chi connectivity index (χ1) is 65.6. The summed E-state index contributed by atoms with van der Waals surface area (Å²) in [5.74, 6) is 1.16. The van der Waals surface area contributed by atoms with E-state index in [4.69, 9.17) is 16.3 Å². The fourth-order valence-electron chi connectivity index (χ4n) is 18.2. The number of ether oxygens (including phenoxy) is 1. The Bertz CT molecular complexity index is 6640. The van der Waals surface area contributed by atoms with Gasteiger partial charge in [0.1, 0.15) is 91.2 Å². The quantitative estimate of drug-likeness (QED) is 0.0529. The van der Waals surface area contributed by atoms with Crippen LogP contribution in [0.5, 0.6) is 0 Å². The number of benzene rings is 4. The van der Waals surface area contributed by atoms with Gasteiger partial charge in [-0.05, 0) is 169 Å². The second-order valence-electron chi connectivity index (χ2n) is 35.3. The summed E-state index contributed by atoms with van der Waals surface area (Å²) < 4.78 is 132. The molecular formula is C96H99ClF8N28O2. The Kier molecular flexibility index (Phi) is 26.7. The van der Waals surface area contributed by atoms with Gasteiger partial charge in [0.25, 0.3) is 0 Å². The second-order valence-corrected chi connectivity index (χ2v) is 35.6. The zero-order valence-corrected chi connectivity index (χ0v) is 75.5. The number of aromatic nitrogens is 19. The number of aryl methyl sites for hydroxylation is 8. The fraction of sp³-hybridized carbons (Fsp3) is 0.375. The average Bonchev–Trinajstić information content (AvgIpc) is 1.64. The molecule has 0 radical (unpaired) electrons. The first-order valence-electron chi connectivity index (χ1n) is 45.9. The molecule has 22 rings (SSSR count). The number of imidazole rings is 4. The van der Waals surface area contributed by atoms with Crippen LogP contribution >= 0.6 is 11.6 Å². The lowest BCUT2D eigenvalue weighted by atomic mass is 10.1.